The van der Waals surface area contributed by atoms with Crippen molar-refractivity contribution in [3.63, 3.8) is 0 Å². The molecule has 1 aliphatic rings. The first-order valence-corrected chi connectivity index (χ1v) is 7.25. The summed E-state index contributed by atoms with van der Waals surface area (Å²) in [5.41, 5.74) is 6.25. The molecule has 1 atom stereocenters. The Morgan fingerprint density at radius 2 is 2.24 bits per heavy atom. The molecule has 2 N–H and O–H groups in total. The summed E-state index contributed by atoms with van der Waals surface area (Å²) in [5.74, 6) is 0.918. The van der Waals surface area contributed by atoms with E-state index >= 15 is 0 Å². The van der Waals surface area contributed by atoms with E-state index in [0.717, 1.165) is 5.69 Å². The van der Waals surface area contributed by atoms with Crippen molar-refractivity contribution in [3.8, 4) is 0 Å². The molecule has 0 aliphatic carbocycles. The molecule has 94 valence electrons. The van der Waals surface area contributed by atoms with Gasteiger partial charge in [0.15, 0.2) is 9.84 Å². The second-order valence-corrected chi connectivity index (χ2v) is 6.63. The molecule has 6 nitrogen and oxygen atoms in total. The van der Waals surface area contributed by atoms with Crippen LogP contribution in [0.1, 0.15) is 12.1 Å². The van der Waals surface area contributed by atoms with Crippen LogP contribution in [0, 0.1) is 0 Å². The first-order valence-electron chi connectivity index (χ1n) is 5.43. The minimum atomic E-state index is -2.84. The minimum Gasteiger partial charge on any atom is -0.382 e. The van der Waals surface area contributed by atoms with Gasteiger partial charge in [-0.05, 0) is 13.5 Å². The van der Waals surface area contributed by atoms with E-state index in [2.05, 4.69) is 9.97 Å². The fourth-order valence-electron chi connectivity index (χ4n) is 1.95. The fraction of sp³-hybridized carbons (Fsp3) is 0.600. The Balaban J connectivity index is 1.98. The molecule has 0 radical (unpaired) electrons. The highest BCUT2D eigenvalue weighted by molar-refractivity contribution is 7.91. The molecule has 1 aromatic heterocycles. The molecule has 0 bridgehead atoms. The fourth-order valence-corrected chi connectivity index (χ4v) is 3.76. The van der Waals surface area contributed by atoms with Gasteiger partial charge >= 0.3 is 0 Å². The van der Waals surface area contributed by atoms with Crippen LogP contribution in [-0.2, 0) is 16.4 Å². The maximum Gasteiger partial charge on any atom is 0.151 e. The monoisotopic (exact) mass is 256 g/mol. The number of rotatable bonds is 3. The average molecular weight is 256 g/mol. The van der Waals surface area contributed by atoms with Crippen LogP contribution < -0.4 is 5.73 Å². The molecule has 0 saturated carbocycles. The van der Waals surface area contributed by atoms with Crippen LogP contribution >= 0.6 is 0 Å². The smallest absolute Gasteiger partial charge is 0.151 e. The zero-order valence-corrected chi connectivity index (χ0v) is 10.5. The van der Waals surface area contributed by atoms with Gasteiger partial charge < -0.3 is 5.73 Å². The number of hydrogen-bond donors (Lipinski definition) is 1. The Kier molecular flexibility index (Phi) is 3.30. The second kappa shape index (κ2) is 4.58. The first kappa shape index (κ1) is 12.3. The van der Waals surface area contributed by atoms with E-state index in [4.69, 9.17) is 5.73 Å². The normalized spacial score (nSPS) is 23.1. The van der Waals surface area contributed by atoms with Crippen molar-refractivity contribution in [2.45, 2.75) is 19.0 Å². The van der Waals surface area contributed by atoms with Gasteiger partial charge in [0.25, 0.3) is 0 Å². The lowest BCUT2D eigenvalue weighted by atomic mass is 10.2. The third-order valence-corrected chi connectivity index (χ3v) is 4.72. The van der Waals surface area contributed by atoms with Crippen LogP contribution in [0.3, 0.4) is 0 Å². The van der Waals surface area contributed by atoms with E-state index in [1.807, 2.05) is 11.9 Å². The zero-order chi connectivity index (χ0) is 12.5. The van der Waals surface area contributed by atoms with E-state index in [-0.39, 0.29) is 17.5 Å². The average Bonchev–Trinajstić information content (AvgIpc) is 2.62. The van der Waals surface area contributed by atoms with Crippen molar-refractivity contribution in [2.24, 2.45) is 0 Å². The maximum absolute atomic E-state index is 11.4. The summed E-state index contributed by atoms with van der Waals surface area (Å²) in [6.45, 7) is 0.591. The Labute approximate surface area is 101 Å². The Morgan fingerprint density at radius 1 is 1.47 bits per heavy atom. The van der Waals surface area contributed by atoms with Gasteiger partial charge in [0, 0.05) is 12.6 Å². The summed E-state index contributed by atoms with van der Waals surface area (Å²) in [6, 6.07) is 0.0827. The van der Waals surface area contributed by atoms with Gasteiger partial charge in [-0.2, -0.15) is 0 Å². The van der Waals surface area contributed by atoms with Crippen LogP contribution in [0.25, 0.3) is 0 Å². The number of sulfone groups is 1. The van der Waals surface area contributed by atoms with Crippen molar-refractivity contribution >= 4 is 15.7 Å². The summed E-state index contributed by atoms with van der Waals surface area (Å²) in [7, 11) is -0.931. The lowest BCUT2D eigenvalue weighted by Gasteiger charge is -2.22. The Bertz CT molecular complexity index is 486. The number of anilines is 1. The highest BCUT2D eigenvalue weighted by atomic mass is 32.2. The van der Waals surface area contributed by atoms with E-state index in [1.54, 1.807) is 6.20 Å². The van der Waals surface area contributed by atoms with E-state index < -0.39 is 9.84 Å². The molecule has 0 aromatic carbocycles. The molecule has 0 amide bonds. The van der Waals surface area contributed by atoms with E-state index in [1.165, 1.54) is 6.20 Å². The van der Waals surface area contributed by atoms with Gasteiger partial charge in [0.2, 0.25) is 0 Å². The number of hydrogen-bond acceptors (Lipinski definition) is 6. The summed E-state index contributed by atoms with van der Waals surface area (Å²) >= 11 is 0. The Morgan fingerprint density at radius 3 is 2.76 bits per heavy atom. The van der Waals surface area contributed by atoms with Crippen LogP contribution in [0.5, 0.6) is 0 Å². The third kappa shape index (κ3) is 3.13. The van der Waals surface area contributed by atoms with Gasteiger partial charge in [-0.3, -0.25) is 9.88 Å². The predicted molar refractivity (Wildman–Crippen MR) is 65.0 cm³/mol. The minimum absolute atomic E-state index is 0.0827. The van der Waals surface area contributed by atoms with Gasteiger partial charge in [0.05, 0.1) is 29.6 Å². The summed E-state index contributed by atoms with van der Waals surface area (Å²) in [6.07, 6.45) is 3.82. The summed E-state index contributed by atoms with van der Waals surface area (Å²) in [4.78, 5) is 10.1. The number of nitrogen functional groups attached to an aromatic ring is 1. The maximum atomic E-state index is 11.4. The predicted octanol–water partition coefficient (Wildman–Crippen LogP) is -0.322. The molecule has 17 heavy (non-hydrogen) atoms. The molecular weight excluding hydrogens is 240 g/mol. The highest BCUT2D eigenvalue weighted by Gasteiger charge is 2.30. The second-order valence-electron chi connectivity index (χ2n) is 4.40. The van der Waals surface area contributed by atoms with E-state index in [9.17, 15) is 8.42 Å². The number of nitrogens with zero attached hydrogens (tertiary/aromatic N) is 3. The summed E-state index contributed by atoms with van der Waals surface area (Å²) < 4.78 is 22.7. The molecular formula is C10H16N4O2S. The van der Waals surface area contributed by atoms with Gasteiger partial charge in [0.1, 0.15) is 5.82 Å². The molecule has 2 rings (SSSR count). The number of nitrogens with two attached hydrogens (primary N) is 1. The molecule has 1 saturated heterocycles. The van der Waals surface area contributed by atoms with Crippen LogP contribution in [0.15, 0.2) is 12.4 Å². The van der Waals surface area contributed by atoms with Gasteiger partial charge in [-0.25, -0.2) is 13.4 Å². The Hall–Kier alpha value is -1.21. The summed E-state index contributed by atoms with van der Waals surface area (Å²) in [5, 5.41) is 0. The third-order valence-electron chi connectivity index (χ3n) is 2.97. The molecule has 1 unspecified atom stereocenters. The SMILES string of the molecule is CN(Cc1cnc(N)cn1)C1CCS(=O)(=O)C1. The van der Waals surface area contributed by atoms with Crippen LogP contribution in [-0.4, -0.2) is 47.9 Å². The van der Waals surface area contributed by atoms with Crippen molar-refractivity contribution in [2.75, 3.05) is 24.3 Å². The lowest BCUT2D eigenvalue weighted by molar-refractivity contribution is 0.251. The largest absolute Gasteiger partial charge is 0.382 e. The number of aromatic nitrogens is 2. The van der Waals surface area contributed by atoms with Gasteiger partial charge in [-0.1, -0.05) is 0 Å². The molecule has 2 heterocycles. The standard InChI is InChI=1S/C10H16N4O2S/c1-14(9-2-3-17(15,16)7-9)6-8-4-13-10(11)5-12-8/h4-5,9H,2-3,6-7H2,1H3,(H2,11,13). The molecule has 1 aromatic rings. The van der Waals surface area contributed by atoms with Crippen molar-refractivity contribution in [3.05, 3.63) is 18.1 Å². The molecule has 1 fully saturated rings. The van der Waals surface area contributed by atoms with Crippen LogP contribution in [0.4, 0.5) is 5.82 Å². The zero-order valence-electron chi connectivity index (χ0n) is 9.70. The topological polar surface area (TPSA) is 89.2 Å². The van der Waals surface area contributed by atoms with Gasteiger partial charge in [-0.15, -0.1) is 0 Å². The highest BCUT2D eigenvalue weighted by Crippen LogP contribution is 2.17. The van der Waals surface area contributed by atoms with Crippen molar-refractivity contribution < 1.29 is 8.42 Å². The molecule has 1 aliphatic heterocycles. The molecule has 0 spiro atoms. The van der Waals surface area contributed by atoms with Crippen LogP contribution in [0.2, 0.25) is 0 Å². The molecule has 7 heteroatoms. The first-order chi connectivity index (χ1) is 7.96. The lowest BCUT2D eigenvalue weighted by Crippen LogP contribution is -2.32. The van der Waals surface area contributed by atoms with Crippen molar-refractivity contribution in [1.82, 2.24) is 14.9 Å². The van der Waals surface area contributed by atoms with Crippen molar-refractivity contribution in [1.29, 1.82) is 0 Å². The quantitative estimate of drug-likeness (QED) is 0.797. The van der Waals surface area contributed by atoms with E-state index in [0.29, 0.717) is 18.8 Å².